The van der Waals surface area contributed by atoms with Crippen LogP contribution in [0.5, 0.6) is 0 Å². The van der Waals surface area contributed by atoms with E-state index in [1.165, 1.54) is 16.9 Å². The van der Waals surface area contributed by atoms with Gasteiger partial charge in [-0.3, -0.25) is 0 Å². The number of nitrogens with zero attached hydrogens (tertiary/aromatic N) is 4. The first kappa shape index (κ1) is 8.20. The Morgan fingerprint density at radius 2 is 2.58 bits per heavy atom. The zero-order valence-electron chi connectivity index (χ0n) is 6.34. The molecule has 0 saturated carbocycles. The standard InChI is InChI=1S/C6H6N4O2/c1-5(4-7)9-3-2-6(8-9)10(11)12/h2-3,5H,1H3. The third-order valence-electron chi connectivity index (χ3n) is 1.36. The Bertz CT molecular complexity index is 338. The second-order valence-corrected chi connectivity index (χ2v) is 2.22. The van der Waals surface area contributed by atoms with Crippen molar-refractivity contribution in [1.29, 1.82) is 5.26 Å². The summed E-state index contributed by atoms with van der Waals surface area (Å²) >= 11 is 0. The SMILES string of the molecule is CC(C#N)n1ccc([N+](=O)[O-])n1. The van der Waals surface area contributed by atoms with E-state index in [4.69, 9.17) is 5.26 Å². The Labute approximate surface area is 68.2 Å². The fraction of sp³-hybridized carbons (Fsp3) is 0.333. The van der Waals surface area contributed by atoms with Crippen LogP contribution < -0.4 is 0 Å². The van der Waals surface area contributed by atoms with Crippen molar-refractivity contribution in [3.05, 3.63) is 22.4 Å². The molecule has 0 aromatic carbocycles. The number of hydrogen-bond donors (Lipinski definition) is 0. The highest BCUT2D eigenvalue weighted by Crippen LogP contribution is 2.09. The van der Waals surface area contributed by atoms with Gasteiger partial charge >= 0.3 is 5.82 Å². The lowest BCUT2D eigenvalue weighted by molar-refractivity contribution is -0.389. The van der Waals surface area contributed by atoms with Crippen molar-refractivity contribution in [3.8, 4) is 6.07 Å². The molecular formula is C6H6N4O2. The van der Waals surface area contributed by atoms with Crippen molar-refractivity contribution in [3.63, 3.8) is 0 Å². The first-order valence-corrected chi connectivity index (χ1v) is 3.24. The van der Waals surface area contributed by atoms with Crippen LogP contribution in [0.3, 0.4) is 0 Å². The van der Waals surface area contributed by atoms with Crippen molar-refractivity contribution in [2.75, 3.05) is 0 Å². The van der Waals surface area contributed by atoms with E-state index < -0.39 is 11.0 Å². The Kier molecular flexibility index (Phi) is 2.05. The molecule has 6 nitrogen and oxygen atoms in total. The minimum absolute atomic E-state index is 0.239. The quantitative estimate of drug-likeness (QED) is 0.482. The molecule has 0 saturated heterocycles. The molecule has 0 amide bonds. The minimum Gasteiger partial charge on any atom is -0.358 e. The second kappa shape index (κ2) is 3.00. The summed E-state index contributed by atoms with van der Waals surface area (Å²) in [6.45, 7) is 1.61. The Balaban J connectivity index is 2.93. The first-order chi connectivity index (χ1) is 5.65. The number of aromatic nitrogens is 2. The highest BCUT2D eigenvalue weighted by atomic mass is 16.6. The molecule has 0 spiro atoms. The first-order valence-electron chi connectivity index (χ1n) is 3.24. The van der Waals surface area contributed by atoms with Crippen LogP contribution in [0.1, 0.15) is 13.0 Å². The molecule has 6 heteroatoms. The fourth-order valence-electron chi connectivity index (χ4n) is 0.700. The van der Waals surface area contributed by atoms with E-state index in [2.05, 4.69) is 5.10 Å². The van der Waals surface area contributed by atoms with Crippen molar-refractivity contribution in [2.45, 2.75) is 13.0 Å². The molecule has 12 heavy (non-hydrogen) atoms. The summed E-state index contributed by atoms with van der Waals surface area (Å²) in [4.78, 5) is 9.58. The zero-order valence-corrected chi connectivity index (χ0v) is 6.34. The number of hydrogen-bond acceptors (Lipinski definition) is 4. The van der Waals surface area contributed by atoms with Gasteiger partial charge in [-0.05, 0) is 11.8 Å². The minimum atomic E-state index is -0.597. The van der Waals surface area contributed by atoms with Gasteiger partial charge in [-0.2, -0.15) is 9.94 Å². The van der Waals surface area contributed by atoms with Crippen LogP contribution in [-0.4, -0.2) is 14.7 Å². The van der Waals surface area contributed by atoms with Crippen LogP contribution in [0.15, 0.2) is 12.3 Å². The van der Waals surface area contributed by atoms with Crippen molar-refractivity contribution in [1.82, 2.24) is 9.78 Å². The number of nitro groups is 1. The van der Waals surface area contributed by atoms with E-state index in [-0.39, 0.29) is 5.82 Å². The Morgan fingerprint density at radius 1 is 1.92 bits per heavy atom. The third kappa shape index (κ3) is 1.40. The van der Waals surface area contributed by atoms with E-state index in [1.54, 1.807) is 6.92 Å². The molecule has 0 radical (unpaired) electrons. The van der Waals surface area contributed by atoms with Gasteiger partial charge in [0.25, 0.3) is 0 Å². The Morgan fingerprint density at radius 3 is 3.00 bits per heavy atom. The maximum absolute atomic E-state index is 10.2. The van der Waals surface area contributed by atoms with Gasteiger partial charge in [-0.25, -0.2) is 0 Å². The van der Waals surface area contributed by atoms with E-state index in [9.17, 15) is 10.1 Å². The molecule has 0 fully saturated rings. The summed E-state index contributed by atoms with van der Waals surface area (Å²) in [7, 11) is 0. The molecule has 1 rings (SSSR count). The molecule has 0 aliphatic carbocycles. The lowest BCUT2D eigenvalue weighted by Crippen LogP contribution is -2.03. The summed E-state index contributed by atoms with van der Waals surface area (Å²) in [5.74, 6) is -0.239. The van der Waals surface area contributed by atoms with Gasteiger partial charge in [-0.15, -0.1) is 0 Å². The molecule has 1 aromatic heterocycles. The Hall–Kier alpha value is -1.90. The van der Waals surface area contributed by atoms with E-state index in [1.807, 2.05) is 6.07 Å². The molecule has 0 bridgehead atoms. The molecule has 0 N–H and O–H groups in total. The molecule has 1 aromatic rings. The highest BCUT2D eigenvalue weighted by Gasteiger charge is 2.14. The molecule has 1 heterocycles. The summed E-state index contributed by atoms with van der Waals surface area (Å²) in [5.41, 5.74) is 0. The predicted octanol–water partition coefficient (Wildman–Crippen LogP) is 0.876. The maximum Gasteiger partial charge on any atom is 0.389 e. The average molecular weight is 166 g/mol. The fourth-order valence-corrected chi connectivity index (χ4v) is 0.700. The van der Waals surface area contributed by atoms with E-state index >= 15 is 0 Å². The van der Waals surface area contributed by atoms with E-state index in [0.29, 0.717) is 0 Å². The lowest BCUT2D eigenvalue weighted by Gasteiger charge is -1.93. The molecule has 62 valence electrons. The molecule has 0 aliphatic heterocycles. The van der Waals surface area contributed by atoms with Gasteiger partial charge in [0, 0.05) is 0 Å². The normalized spacial score (nSPS) is 12.0. The monoisotopic (exact) mass is 166 g/mol. The molecule has 0 aliphatic rings. The van der Waals surface area contributed by atoms with Gasteiger partial charge in [0.2, 0.25) is 0 Å². The smallest absolute Gasteiger partial charge is 0.358 e. The third-order valence-corrected chi connectivity index (χ3v) is 1.36. The summed E-state index contributed by atoms with van der Waals surface area (Å²) in [5, 5.41) is 22.2. The van der Waals surface area contributed by atoms with Crippen LogP contribution in [0.25, 0.3) is 0 Å². The largest absolute Gasteiger partial charge is 0.389 e. The molecule has 1 atom stereocenters. The van der Waals surface area contributed by atoms with Crippen LogP contribution in [-0.2, 0) is 0 Å². The molecular weight excluding hydrogens is 160 g/mol. The van der Waals surface area contributed by atoms with Crippen LogP contribution >= 0.6 is 0 Å². The van der Waals surface area contributed by atoms with Crippen molar-refractivity contribution < 1.29 is 4.92 Å². The van der Waals surface area contributed by atoms with Crippen LogP contribution in [0.4, 0.5) is 5.82 Å². The van der Waals surface area contributed by atoms with Gasteiger partial charge in [-0.1, -0.05) is 0 Å². The van der Waals surface area contributed by atoms with Crippen molar-refractivity contribution in [2.24, 2.45) is 0 Å². The zero-order chi connectivity index (χ0) is 9.14. The number of rotatable bonds is 2. The summed E-state index contributed by atoms with van der Waals surface area (Å²) in [6.07, 6.45) is 1.41. The summed E-state index contributed by atoms with van der Waals surface area (Å²) < 4.78 is 1.25. The van der Waals surface area contributed by atoms with Crippen molar-refractivity contribution >= 4 is 5.82 Å². The van der Waals surface area contributed by atoms with Crippen LogP contribution in [0.2, 0.25) is 0 Å². The lowest BCUT2D eigenvalue weighted by atomic mass is 10.4. The van der Waals surface area contributed by atoms with Gasteiger partial charge in [0.15, 0.2) is 6.04 Å². The average Bonchev–Trinajstić information content (AvgIpc) is 2.51. The van der Waals surface area contributed by atoms with E-state index in [0.717, 1.165) is 0 Å². The van der Waals surface area contributed by atoms with Gasteiger partial charge < -0.3 is 10.1 Å². The second-order valence-electron chi connectivity index (χ2n) is 2.22. The molecule has 1 unspecified atom stereocenters. The highest BCUT2D eigenvalue weighted by molar-refractivity contribution is 5.15. The maximum atomic E-state index is 10.2. The van der Waals surface area contributed by atoms with Gasteiger partial charge in [0.1, 0.15) is 0 Å². The topological polar surface area (TPSA) is 84.8 Å². The number of nitriles is 1. The van der Waals surface area contributed by atoms with Crippen LogP contribution in [0, 0.1) is 21.4 Å². The predicted molar refractivity (Wildman–Crippen MR) is 39.2 cm³/mol. The summed E-state index contributed by atoms with van der Waals surface area (Å²) in [6, 6.07) is 2.70. The van der Waals surface area contributed by atoms with Gasteiger partial charge in [0.05, 0.1) is 23.4 Å².